The Balaban J connectivity index is 2.66. The molecule has 1 unspecified atom stereocenters. The summed E-state index contributed by atoms with van der Waals surface area (Å²) in [4.78, 5) is 16.3. The minimum Gasteiger partial charge on any atom is -0.492 e. The van der Waals surface area contributed by atoms with Crippen molar-refractivity contribution in [3.63, 3.8) is 0 Å². The molecule has 0 aliphatic carbocycles. The van der Waals surface area contributed by atoms with Crippen LogP contribution in [0.15, 0.2) is 18.5 Å². The maximum absolute atomic E-state index is 12.3. The van der Waals surface area contributed by atoms with Crippen molar-refractivity contribution in [2.75, 3.05) is 13.2 Å². The summed E-state index contributed by atoms with van der Waals surface area (Å²) in [6.07, 6.45) is 5.63. The van der Waals surface area contributed by atoms with E-state index in [1.165, 1.54) is 0 Å². The topological polar surface area (TPSA) is 65.2 Å². The van der Waals surface area contributed by atoms with Crippen LogP contribution in [0.3, 0.4) is 0 Å². The summed E-state index contributed by atoms with van der Waals surface area (Å²) >= 11 is 0. The van der Waals surface area contributed by atoms with E-state index >= 15 is 0 Å². The molecule has 0 aliphatic rings. The van der Waals surface area contributed by atoms with Gasteiger partial charge in [0.2, 0.25) is 0 Å². The average Bonchev–Trinajstić information content (AvgIpc) is 2.44. The SMILES string of the molecule is CCCOc1cncc(C(=O)CC(CN)CC(C)C)c1. The molecule has 0 aliphatic heterocycles. The largest absolute Gasteiger partial charge is 0.492 e. The number of Topliss-reactive ketones (excluding diaryl/α,β-unsaturated/α-hetero) is 1. The number of hydrogen-bond acceptors (Lipinski definition) is 4. The first-order chi connectivity index (χ1) is 9.56. The van der Waals surface area contributed by atoms with E-state index in [0.717, 1.165) is 12.8 Å². The fraction of sp³-hybridized carbons (Fsp3) is 0.625. The molecule has 4 heteroatoms. The first-order valence-electron chi connectivity index (χ1n) is 7.37. The van der Waals surface area contributed by atoms with Gasteiger partial charge in [0.15, 0.2) is 5.78 Å². The van der Waals surface area contributed by atoms with E-state index in [4.69, 9.17) is 10.5 Å². The molecular formula is C16H26N2O2. The molecule has 0 saturated heterocycles. The molecule has 2 N–H and O–H groups in total. The number of ether oxygens (including phenoxy) is 1. The van der Waals surface area contributed by atoms with Gasteiger partial charge in [-0.25, -0.2) is 0 Å². The van der Waals surface area contributed by atoms with Crippen LogP contribution in [0.4, 0.5) is 0 Å². The van der Waals surface area contributed by atoms with Crippen molar-refractivity contribution in [3.05, 3.63) is 24.0 Å². The number of carbonyl (C=O) groups excluding carboxylic acids is 1. The van der Waals surface area contributed by atoms with Crippen LogP contribution in [0.2, 0.25) is 0 Å². The predicted molar refractivity (Wildman–Crippen MR) is 81.0 cm³/mol. The highest BCUT2D eigenvalue weighted by Crippen LogP contribution is 2.19. The van der Waals surface area contributed by atoms with Crippen LogP contribution in [0.25, 0.3) is 0 Å². The highest BCUT2D eigenvalue weighted by molar-refractivity contribution is 5.96. The van der Waals surface area contributed by atoms with Crippen molar-refractivity contribution in [1.29, 1.82) is 0 Å². The molecule has 1 rings (SSSR count). The molecule has 1 aromatic heterocycles. The number of nitrogens with two attached hydrogens (primary N) is 1. The zero-order valence-electron chi connectivity index (χ0n) is 12.8. The van der Waals surface area contributed by atoms with Crippen molar-refractivity contribution in [2.45, 2.75) is 40.0 Å². The molecule has 1 aromatic rings. The molecule has 1 heterocycles. The maximum atomic E-state index is 12.3. The molecular weight excluding hydrogens is 252 g/mol. The monoisotopic (exact) mass is 278 g/mol. The molecule has 0 radical (unpaired) electrons. The maximum Gasteiger partial charge on any atom is 0.164 e. The Bertz CT molecular complexity index is 419. The number of aromatic nitrogens is 1. The summed E-state index contributed by atoms with van der Waals surface area (Å²) in [5, 5.41) is 0. The third-order valence-corrected chi connectivity index (χ3v) is 3.12. The molecule has 20 heavy (non-hydrogen) atoms. The standard InChI is InChI=1S/C16H26N2O2/c1-4-5-20-15-8-14(10-18-11-15)16(19)7-13(9-17)6-12(2)3/h8,10-13H,4-7,9,17H2,1-3H3. The van der Waals surface area contributed by atoms with E-state index in [0.29, 0.717) is 36.8 Å². The van der Waals surface area contributed by atoms with Crippen molar-refractivity contribution in [1.82, 2.24) is 4.98 Å². The smallest absolute Gasteiger partial charge is 0.164 e. The Hall–Kier alpha value is -1.42. The van der Waals surface area contributed by atoms with Gasteiger partial charge < -0.3 is 10.5 Å². The predicted octanol–water partition coefficient (Wildman–Crippen LogP) is 3.06. The third-order valence-electron chi connectivity index (χ3n) is 3.12. The lowest BCUT2D eigenvalue weighted by Crippen LogP contribution is -2.20. The second-order valence-corrected chi connectivity index (χ2v) is 5.62. The summed E-state index contributed by atoms with van der Waals surface area (Å²) in [6, 6.07) is 1.77. The van der Waals surface area contributed by atoms with E-state index in [1.807, 2.05) is 6.92 Å². The Morgan fingerprint density at radius 3 is 2.75 bits per heavy atom. The van der Waals surface area contributed by atoms with E-state index in [-0.39, 0.29) is 11.7 Å². The molecule has 0 fully saturated rings. The molecule has 0 amide bonds. The molecule has 1 atom stereocenters. The highest BCUT2D eigenvalue weighted by Gasteiger charge is 2.16. The second kappa shape index (κ2) is 8.69. The summed E-state index contributed by atoms with van der Waals surface area (Å²) in [5.41, 5.74) is 6.36. The second-order valence-electron chi connectivity index (χ2n) is 5.62. The van der Waals surface area contributed by atoms with Gasteiger partial charge in [0, 0.05) is 18.2 Å². The van der Waals surface area contributed by atoms with Crippen molar-refractivity contribution < 1.29 is 9.53 Å². The van der Waals surface area contributed by atoms with Crippen LogP contribution in [0.5, 0.6) is 5.75 Å². The van der Waals surface area contributed by atoms with Gasteiger partial charge in [-0.15, -0.1) is 0 Å². The summed E-state index contributed by atoms with van der Waals surface area (Å²) in [5.74, 6) is 1.54. The van der Waals surface area contributed by atoms with Crippen LogP contribution in [-0.2, 0) is 0 Å². The van der Waals surface area contributed by atoms with E-state index in [1.54, 1.807) is 18.5 Å². The van der Waals surface area contributed by atoms with Gasteiger partial charge in [-0.3, -0.25) is 9.78 Å². The number of ketones is 1. The first-order valence-corrected chi connectivity index (χ1v) is 7.37. The van der Waals surface area contributed by atoms with E-state index in [2.05, 4.69) is 18.8 Å². The molecule has 0 spiro atoms. The lowest BCUT2D eigenvalue weighted by atomic mass is 9.91. The van der Waals surface area contributed by atoms with Gasteiger partial charge in [0.05, 0.1) is 12.8 Å². The Kier molecular flexibility index (Phi) is 7.23. The third kappa shape index (κ3) is 5.70. The van der Waals surface area contributed by atoms with Crippen LogP contribution < -0.4 is 10.5 Å². The zero-order valence-corrected chi connectivity index (χ0v) is 12.8. The minimum absolute atomic E-state index is 0.0931. The Labute approximate surface area is 121 Å². The number of hydrogen-bond donors (Lipinski definition) is 1. The fourth-order valence-corrected chi connectivity index (χ4v) is 2.18. The Morgan fingerprint density at radius 2 is 2.15 bits per heavy atom. The number of rotatable bonds is 9. The van der Waals surface area contributed by atoms with Gasteiger partial charge >= 0.3 is 0 Å². The molecule has 0 aromatic carbocycles. The molecule has 112 valence electrons. The van der Waals surface area contributed by atoms with Crippen molar-refractivity contribution in [2.24, 2.45) is 17.6 Å². The molecule has 0 bridgehead atoms. The van der Waals surface area contributed by atoms with Gasteiger partial charge in [0.1, 0.15) is 5.75 Å². The molecule has 0 saturated carbocycles. The lowest BCUT2D eigenvalue weighted by molar-refractivity contribution is 0.0956. The van der Waals surface area contributed by atoms with Crippen molar-refractivity contribution in [3.8, 4) is 5.75 Å². The minimum atomic E-state index is 0.0931. The van der Waals surface area contributed by atoms with Gasteiger partial charge in [-0.2, -0.15) is 0 Å². The fourth-order valence-electron chi connectivity index (χ4n) is 2.18. The molecule has 4 nitrogen and oxygen atoms in total. The van der Waals surface area contributed by atoms with Gasteiger partial charge in [-0.05, 0) is 37.3 Å². The van der Waals surface area contributed by atoms with Gasteiger partial charge in [0.25, 0.3) is 0 Å². The number of carbonyl (C=O) groups is 1. The Morgan fingerprint density at radius 1 is 1.40 bits per heavy atom. The average molecular weight is 278 g/mol. The van der Waals surface area contributed by atoms with Crippen LogP contribution >= 0.6 is 0 Å². The normalized spacial score (nSPS) is 12.4. The summed E-state index contributed by atoms with van der Waals surface area (Å²) < 4.78 is 5.50. The number of pyridine rings is 1. The van der Waals surface area contributed by atoms with E-state index in [9.17, 15) is 4.79 Å². The number of nitrogens with zero attached hydrogens (tertiary/aromatic N) is 1. The zero-order chi connectivity index (χ0) is 15.0. The van der Waals surface area contributed by atoms with Crippen LogP contribution in [-0.4, -0.2) is 23.9 Å². The highest BCUT2D eigenvalue weighted by atomic mass is 16.5. The van der Waals surface area contributed by atoms with Crippen molar-refractivity contribution >= 4 is 5.78 Å². The summed E-state index contributed by atoms with van der Waals surface area (Å²) in [6.45, 7) is 7.52. The quantitative estimate of drug-likeness (QED) is 0.705. The van der Waals surface area contributed by atoms with Crippen LogP contribution in [0, 0.1) is 11.8 Å². The summed E-state index contributed by atoms with van der Waals surface area (Å²) in [7, 11) is 0. The van der Waals surface area contributed by atoms with Gasteiger partial charge in [-0.1, -0.05) is 20.8 Å². The first kappa shape index (κ1) is 16.6. The lowest BCUT2D eigenvalue weighted by Gasteiger charge is -2.16. The van der Waals surface area contributed by atoms with Crippen LogP contribution in [0.1, 0.15) is 50.4 Å². The van der Waals surface area contributed by atoms with E-state index < -0.39 is 0 Å².